The van der Waals surface area contributed by atoms with E-state index >= 15 is 0 Å². The van der Waals surface area contributed by atoms with Gasteiger partial charge < -0.3 is 9.32 Å². The molecule has 1 N–H and O–H groups in total. The maximum Gasteiger partial charge on any atom is 0.260 e. The molecule has 0 saturated heterocycles. The van der Waals surface area contributed by atoms with Crippen LogP contribution in [0.4, 0.5) is 5.13 Å². The lowest BCUT2D eigenvalue weighted by Crippen LogP contribution is -2.27. The Hall–Kier alpha value is -2.93. The molecule has 0 bridgehead atoms. The van der Waals surface area contributed by atoms with Crippen LogP contribution in [0.25, 0.3) is 0 Å². The van der Waals surface area contributed by atoms with Crippen molar-refractivity contribution in [2.24, 2.45) is 0 Å². The van der Waals surface area contributed by atoms with Gasteiger partial charge in [0.15, 0.2) is 5.13 Å². The first-order valence-corrected chi connectivity index (χ1v) is 9.39. The number of benzene rings is 1. The average Bonchev–Trinajstić information content (AvgIpc) is 3.25. The van der Waals surface area contributed by atoms with Gasteiger partial charge in [-0.3, -0.25) is 14.9 Å². The van der Waals surface area contributed by atoms with Crippen LogP contribution in [0.3, 0.4) is 0 Å². The normalized spacial score (nSPS) is 10.6. The number of aromatic nitrogens is 1. The van der Waals surface area contributed by atoms with Crippen LogP contribution in [0.1, 0.15) is 32.9 Å². The second-order valence-corrected chi connectivity index (χ2v) is 7.26. The maximum absolute atomic E-state index is 12.4. The topological polar surface area (TPSA) is 75.4 Å². The minimum absolute atomic E-state index is 0.0237. The molecule has 0 spiro atoms. The molecule has 2 aromatic heterocycles. The van der Waals surface area contributed by atoms with Crippen LogP contribution in [0.5, 0.6) is 0 Å². The highest BCUT2D eigenvalue weighted by molar-refractivity contribution is 7.14. The highest BCUT2D eigenvalue weighted by atomic mass is 32.1. The van der Waals surface area contributed by atoms with Crippen molar-refractivity contribution in [3.8, 4) is 0 Å². The third-order valence-corrected chi connectivity index (χ3v) is 4.98. The molecule has 0 radical (unpaired) electrons. The lowest BCUT2D eigenvalue weighted by atomic mass is 10.1. The molecule has 7 heteroatoms. The Bertz CT molecular complexity index is 944. The summed E-state index contributed by atoms with van der Waals surface area (Å²) in [5, 5.41) is 4.99. The van der Waals surface area contributed by atoms with E-state index in [0.717, 1.165) is 5.56 Å². The number of hydrogen-bond acceptors (Lipinski definition) is 5. The monoisotopic (exact) mass is 383 g/mol. The molecule has 0 saturated carbocycles. The zero-order valence-corrected chi connectivity index (χ0v) is 16.3. The van der Waals surface area contributed by atoms with Crippen LogP contribution in [-0.4, -0.2) is 28.7 Å². The molecule has 0 unspecified atom stereocenters. The van der Waals surface area contributed by atoms with Gasteiger partial charge in [-0.2, -0.15) is 0 Å². The Morgan fingerprint density at radius 1 is 1.19 bits per heavy atom. The Balaban J connectivity index is 1.56. The number of likely N-dealkylation sites (N-methyl/N-ethyl adjacent to an activating group) is 1. The summed E-state index contributed by atoms with van der Waals surface area (Å²) in [6.07, 6.45) is 1.67. The van der Waals surface area contributed by atoms with Crippen molar-refractivity contribution < 1.29 is 14.0 Å². The van der Waals surface area contributed by atoms with Crippen LogP contribution in [0.2, 0.25) is 0 Å². The number of anilines is 1. The number of furan rings is 1. The standard InChI is InChI=1S/C20H21N3O3S/c1-13-4-6-15(7-5-13)11-23(3)18(24)10-16-12-27-20(21-16)22-19(25)17-8-9-26-14(17)2/h4-9,12H,10-11H2,1-3H3,(H,21,22,25). The van der Waals surface area contributed by atoms with Crippen molar-refractivity contribution in [1.82, 2.24) is 9.88 Å². The molecule has 1 aromatic carbocycles. The van der Waals surface area contributed by atoms with Gasteiger partial charge in [0.05, 0.1) is 23.9 Å². The van der Waals surface area contributed by atoms with E-state index in [2.05, 4.69) is 10.3 Å². The fourth-order valence-electron chi connectivity index (χ4n) is 2.58. The van der Waals surface area contributed by atoms with Gasteiger partial charge in [0, 0.05) is 19.0 Å². The number of rotatable bonds is 6. The van der Waals surface area contributed by atoms with E-state index < -0.39 is 0 Å². The summed E-state index contributed by atoms with van der Waals surface area (Å²) in [6.45, 7) is 4.31. The molecular weight excluding hydrogens is 362 g/mol. The van der Waals surface area contributed by atoms with Gasteiger partial charge in [-0.25, -0.2) is 4.98 Å². The summed E-state index contributed by atoms with van der Waals surface area (Å²) in [7, 11) is 1.78. The smallest absolute Gasteiger partial charge is 0.260 e. The predicted molar refractivity (Wildman–Crippen MR) is 105 cm³/mol. The number of thiazole rings is 1. The molecule has 27 heavy (non-hydrogen) atoms. The molecule has 2 amide bonds. The third-order valence-electron chi connectivity index (χ3n) is 4.17. The van der Waals surface area contributed by atoms with Gasteiger partial charge in [-0.15, -0.1) is 11.3 Å². The Morgan fingerprint density at radius 3 is 2.59 bits per heavy atom. The largest absolute Gasteiger partial charge is 0.469 e. The number of carbonyl (C=O) groups is 2. The lowest BCUT2D eigenvalue weighted by Gasteiger charge is -2.16. The molecule has 3 rings (SSSR count). The van der Waals surface area contributed by atoms with Gasteiger partial charge in [-0.1, -0.05) is 29.8 Å². The van der Waals surface area contributed by atoms with E-state index in [1.54, 1.807) is 30.3 Å². The summed E-state index contributed by atoms with van der Waals surface area (Å²) >= 11 is 1.30. The summed E-state index contributed by atoms with van der Waals surface area (Å²) in [5.74, 6) is 0.256. The summed E-state index contributed by atoms with van der Waals surface area (Å²) in [5.41, 5.74) is 3.38. The predicted octanol–water partition coefficient (Wildman–Crippen LogP) is 3.81. The van der Waals surface area contributed by atoms with Gasteiger partial charge in [0.1, 0.15) is 5.76 Å². The van der Waals surface area contributed by atoms with Crippen LogP contribution < -0.4 is 5.32 Å². The van der Waals surface area contributed by atoms with Crippen LogP contribution in [0.15, 0.2) is 46.4 Å². The van der Waals surface area contributed by atoms with Crippen LogP contribution >= 0.6 is 11.3 Å². The van der Waals surface area contributed by atoms with E-state index in [1.165, 1.54) is 23.2 Å². The molecule has 6 nitrogen and oxygen atoms in total. The van der Waals surface area contributed by atoms with Crippen molar-refractivity contribution in [2.45, 2.75) is 26.8 Å². The summed E-state index contributed by atoms with van der Waals surface area (Å²) < 4.78 is 5.13. The molecule has 140 valence electrons. The number of hydrogen-bond donors (Lipinski definition) is 1. The molecular formula is C20H21N3O3S. The number of carbonyl (C=O) groups excluding carboxylic acids is 2. The first-order valence-electron chi connectivity index (χ1n) is 8.51. The Labute approximate surface area is 161 Å². The van der Waals surface area contributed by atoms with Gasteiger partial charge in [0.25, 0.3) is 5.91 Å². The molecule has 0 aliphatic heterocycles. The van der Waals surface area contributed by atoms with Crippen LogP contribution in [-0.2, 0) is 17.8 Å². The molecule has 3 aromatic rings. The van der Waals surface area contributed by atoms with Crippen LogP contribution in [0, 0.1) is 13.8 Å². The molecule has 2 heterocycles. The van der Waals surface area contributed by atoms with Crippen molar-refractivity contribution in [2.75, 3.05) is 12.4 Å². The van der Waals surface area contributed by atoms with E-state index in [1.807, 2.05) is 31.2 Å². The van der Waals surface area contributed by atoms with E-state index in [-0.39, 0.29) is 18.2 Å². The minimum Gasteiger partial charge on any atom is -0.469 e. The third kappa shape index (κ3) is 4.83. The van der Waals surface area contributed by atoms with Gasteiger partial charge in [-0.05, 0) is 25.5 Å². The molecule has 0 fully saturated rings. The van der Waals surface area contributed by atoms with Crippen molar-refractivity contribution in [3.05, 3.63) is 70.1 Å². The Kier molecular flexibility index (Phi) is 5.71. The Morgan fingerprint density at radius 2 is 1.93 bits per heavy atom. The average molecular weight is 383 g/mol. The summed E-state index contributed by atoms with van der Waals surface area (Å²) in [4.78, 5) is 30.6. The second-order valence-electron chi connectivity index (χ2n) is 6.40. The highest BCUT2D eigenvalue weighted by Gasteiger charge is 2.16. The zero-order chi connectivity index (χ0) is 19.4. The lowest BCUT2D eigenvalue weighted by molar-refractivity contribution is -0.129. The number of nitrogens with zero attached hydrogens (tertiary/aromatic N) is 2. The maximum atomic E-state index is 12.4. The van der Waals surface area contributed by atoms with E-state index in [0.29, 0.717) is 28.7 Å². The van der Waals surface area contributed by atoms with Gasteiger partial charge in [0.2, 0.25) is 5.91 Å². The van der Waals surface area contributed by atoms with Crippen molar-refractivity contribution in [1.29, 1.82) is 0 Å². The molecule has 0 atom stereocenters. The zero-order valence-electron chi connectivity index (χ0n) is 15.5. The fraction of sp³-hybridized carbons (Fsp3) is 0.250. The van der Waals surface area contributed by atoms with E-state index in [9.17, 15) is 9.59 Å². The first-order chi connectivity index (χ1) is 12.9. The number of aryl methyl sites for hydroxylation is 2. The van der Waals surface area contributed by atoms with Crippen molar-refractivity contribution >= 4 is 28.3 Å². The fourth-order valence-corrected chi connectivity index (χ4v) is 3.28. The second kappa shape index (κ2) is 8.18. The minimum atomic E-state index is -0.273. The number of amides is 2. The highest BCUT2D eigenvalue weighted by Crippen LogP contribution is 2.19. The molecule has 0 aliphatic carbocycles. The molecule has 0 aliphatic rings. The van der Waals surface area contributed by atoms with Gasteiger partial charge >= 0.3 is 0 Å². The van der Waals surface area contributed by atoms with E-state index in [4.69, 9.17) is 4.42 Å². The number of nitrogens with one attached hydrogen (secondary N) is 1. The SMILES string of the molecule is Cc1ccc(CN(C)C(=O)Cc2csc(NC(=O)c3ccoc3C)n2)cc1. The quantitative estimate of drug-likeness (QED) is 0.702. The summed E-state index contributed by atoms with van der Waals surface area (Å²) in [6, 6.07) is 9.72. The van der Waals surface area contributed by atoms with Crippen molar-refractivity contribution in [3.63, 3.8) is 0 Å². The first kappa shape index (κ1) is 18.8.